The summed E-state index contributed by atoms with van der Waals surface area (Å²) in [5.74, 6) is -0.131. The minimum absolute atomic E-state index is 0.102. The van der Waals surface area contributed by atoms with E-state index >= 15 is 0 Å². The Morgan fingerprint density at radius 1 is 1.28 bits per heavy atom. The number of hydrogen-bond acceptors (Lipinski definition) is 4. The Morgan fingerprint density at radius 3 is 2.80 bits per heavy atom. The van der Waals surface area contributed by atoms with E-state index in [1.807, 2.05) is 0 Å². The number of oxazole rings is 1. The number of nitrogens with zero attached hydrogens (tertiary/aromatic N) is 2. The van der Waals surface area contributed by atoms with Crippen molar-refractivity contribution in [1.82, 2.24) is 9.47 Å². The molecule has 130 valence electrons. The summed E-state index contributed by atoms with van der Waals surface area (Å²) in [4.78, 5) is 26.1. The lowest BCUT2D eigenvalue weighted by atomic mass is 10.2. The maximum atomic E-state index is 12.5. The number of aromatic nitrogens is 1. The average Bonchev–Trinajstić information content (AvgIpc) is 2.91. The first-order chi connectivity index (χ1) is 12.0. The van der Waals surface area contributed by atoms with E-state index in [-0.39, 0.29) is 12.5 Å². The van der Waals surface area contributed by atoms with Crippen LogP contribution in [-0.4, -0.2) is 29.5 Å². The molecule has 1 amide bonds. The third-order valence-corrected chi connectivity index (χ3v) is 4.18. The number of para-hydroxylation sites is 2. The molecule has 0 aliphatic rings. The van der Waals surface area contributed by atoms with E-state index < -0.39 is 5.76 Å². The molecule has 0 saturated heterocycles. The van der Waals surface area contributed by atoms with Crippen molar-refractivity contribution in [2.45, 2.75) is 13.1 Å². The van der Waals surface area contributed by atoms with Crippen molar-refractivity contribution < 1.29 is 13.9 Å². The molecular formula is C18H17ClN2O4. The van der Waals surface area contributed by atoms with Crippen LogP contribution in [0.25, 0.3) is 11.1 Å². The number of likely N-dealkylation sites (N-methyl/N-ethyl adjacent to an activating group) is 1. The summed E-state index contributed by atoms with van der Waals surface area (Å²) in [6, 6.07) is 12.2. The number of fused-ring (bicyclic) bond motifs is 1. The van der Waals surface area contributed by atoms with Gasteiger partial charge in [-0.25, -0.2) is 4.79 Å². The number of benzene rings is 2. The van der Waals surface area contributed by atoms with Crippen LogP contribution in [-0.2, 0) is 17.9 Å². The first-order valence-electron chi connectivity index (χ1n) is 7.64. The topological polar surface area (TPSA) is 64.7 Å². The van der Waals surface area contributed by atoms with Crippen molar-refractivity contribution in [3.05, 3.63) is 63.6 Å². The van der Waals surface area contributed by atoms with E-state index in [0.29, 0.717) is 28.4 Å². The highest BCUT2D eigenvalue weighted by Crippen LogP contribution is 2.24. The average molecular weight is 361 g/mol. The molecule has 0 unspecified atom stereocenters. The lowest BCUT2D eigenvalue weighted by molar-refractivity contribution is -0.131. The maximum Gasteiger partial charge on any atom is 0.420 e. The second kappa shape index (κ2) is 7.03. The van der Waals surface area contributed by atoms with Gasteiger partial charge in [0, 0.05) is 24.2 Å². The van der Waals surface area contributed by atoms with Crippen molar-refractivity contribution in [3.8, 4) is 5.75 Å². The van der Waals surface area contributed by atoms with Crippen molar-refractivity contribution in [2.24, 2.45) is 0 Å². The monoisotopic (exact) mass is 360 g/mol. The molecule has 6 nitrogen and oxygen atoms in total. The zero-order valence-electron chi connectivity index (χ0n) is 13.9. The minimum Gasteiger partial charge on any atom is -0.496 e. The van der Waals surface area contributed by atoms with E-state index in [1.54, 1.807) is 56.6 Å². The molecule has 2 aromatic carbocycles. The lowest BCUT2D eigenvalue weighted by Gasteiger charge is -2.19. The van der Waals surface area contributed by atoms with Crippen LogP contribution in [0.2, 0.25) is 5.02 Å². The fraction of sp³-hybridized carbons (Fsp3) is 0.222. The Hall–Kier alpha value is -2.73. The van der Waals surface area contributed by atoms with Crippen molar-refractivity contribution >= 4 is 28.6 Å². The minimum atomic E-state index is -0.553. The van der Waals surface area contributed by atoms with Crippen molar-refractivity contribution in [1.29, 1.82) is 0 Å². The standard InChI is InChI=1S/C18H17ClN2O4/c1-20(10-12-9-13(19)7-8-15(12)24-2)17(22)11-21-14-5-3-4-6-16(14)25-18(21)23/h3-9H,10-11H2,1-2H3. The third-order valence-electron chi connectivity index (χ3n) is 3.94. The quantitative estimate of drug-likeness (QED) is 0.701. The van der Waals surface area contributed by atoms with Crippen LogP contribution in [0.15, 0.2) is 51.7 Å². The van der Waals surface area contributed by atoms with Gasteiger partial charge in [-0.1, -0.05) is 23.7 Å². The van der Waals surface area contributed by atoms with Crippen LogP contribution < -0.4 is 10.5 Å². The van der Waals surface area contributed by atoms with Gasteiger partial charge in [0.05, 0.1) is 12.6 Å². The SMILES string of the molecule is COc1ccc(Cl)cc1CN(C)C(=O)Cn1c(=O)oc2ccccc21. The third kappa shape index (κ3) is 3.53. The fourth-order valence-electron chi connectivity index (χ4n) is 2.63. The fourth-order valence-corrected chi connectivity index (χ4v) is 2.83. The Morgan fingerprint density at radius 2 is 2.04 bits per heavy atom. The van der Waals surface area contributed by atoms with Gasteiger partial charge in [0.1, 0.15) is 12.3 Å². The van der Waals surface area contributed by atoms with Crippen molar-refractivity contribution in [3.63, 3.8) is 0 Å². The number of amides is 1. The molecule has 0 fully saturated rings. The molecule has 7 heteroatoms. The number of ether oxygens (including phenoxy) is 1. The lowest BCUT2D eigenvalue weighted by Crippen LogP contribution is -2.32. The predicted molar refractivity (Wildman–Crippen MR) is 95.0 cm³/mol. The Bertz CT molecular complexity index is 977. The Labute approximate surface area is 149 Å². The molecule has 1 aromatic heterocycles. The zero-order chi connectivity index (χ0) is 18.0. The summed E-state index contributed by atoms with van der Waals surface area (Å²) in [7, 11) is 3.22. The van der Waals surface area contributed by atoms with Crippen molar-refractivity contribution in [2.75, 3.05) is 14.2 Å². The molecule has 25 heavy (non-hydrogen) atoms. The first-order valence-corrected chi connectivity index (χ1v) is 8.02. The van der Waals surface area contributed by atoms with E-state index in [0.717, 1.165) is 5.56 Å². The van der Waals surface area contributed by atoms with Gasteiger partial charge in [0.2, 0.25) is 5.91 Å². The second-order valence-electron chi connectivity index (χ2n) is 5.63. The first kappa shape index (κ1) is 17.1. The summed E-state index contributed by atoms with van der Waals surface area (Å²) >= 11 is 6.02. The summed E-state index contributed by atoms with van der Waals surface area (Å²) in [5, 5.41) is 0.564. The highest BCUT2D eigenvalue weighted by molar-refractivity contribution is 6.30. The highest BCUT2D eigenvalue weighted by atomic mass is 35.5. The maximum absolute atomic E-state index is 12.5. The summed E-state index contributed by atoms with van der Waals surface area (Å²) in [5.41, 5.74) is 1.84. The Kier molecular flexibility index (Phi) is 4.81. The zero-order valence-corrected chi connectivity index (χ0v) is 14.6. The molecule has 0 saturated carbocycles. The van der Waals surface area contributed by atoms with E-state index in [9.17, 15) is 9.59 Å². The molecule has 0 atom stereocenters. The number of carbonyl (C=O) groups is 1. The van der Waals surface area contributed by atoms with Gasteiger partial charge in [-0.2, -0.15) is 0 Å². The number of rotatable bonds is 5. The van der Waals surface area contributed by atoms with Gasteiger partial charge in [-0.05, 0) is 30.3 Å². The van der Waals surface area contributed by atoms with E-state index in [2.05, 4.69) is 0 Å². The van der Waals surface area contributed by atoms with Gasteiger partial charge < -0.3 is 14.1 Å². The van der Waals surface area contributed by atoms with Gasteiger partial charge in [0.15, 0.2) is 5.58 Å². The van der Waals surface area contributed by atoms with Crippen LogP contribution in [0.5, 0.6) is 5.75 Å². The van der Waals surface area contributed by atoms with E-state index in [1.165, 1.54) is 9.47 Å². The molecule has 0 aliphatic heterocycles. The summed E-state index contributed by atoms with van der Waals surface area (Å²) < 4.78 is 11.8. The summed E-state index contributed by atoms with van der Waals surface area (Å²) in [6.45, 7) is 0.211. The number of hydrogen-bond donors (Lipinski definition) is 0. The molecule has 0 bridgehead atoms. The normalized spacial score (nSPS) is 10.8. The second-order valence-corrected chi connectivity index (χ2v) is 6.06. The number of methoxy groups -OCH3 is 1. The van der Waals surface area contributed by atoms with Crippen LogP contribution in [0.1, 0.15) is 5.56 Å². The van der Waals surface area contributed by atoms with Crippen LogP contribution >= 0.6 is 11.6 Å². The molecule has 0 spiro atoms. The van der Waals surface area contributed by atoms with Crippen LogP contribution in [0.4, 0.5) is 0 Å². The van der Waals surface area contributed by atoms with Crippen LogP contribution in [0.3, 0.4) is 0 Å². The predicted octanol–water partition coefficient (Wildman–Crippen LogP) is 2.92. The molecule has 0 N–H and O–H groups in total. The molecule has 0 radical (unpaired) electrons. The molecular weight excluding hydrogens is 344 g/mol. The van der Waals surface area contributed by atoms with Gasteiger partial charge in [-0.3, -0.25) is 9.36 Å². The van der Waals surface area contributed by atoms with Crippen LogP contribution in [0, 0.1) is 0 Å². The van der Waals surface area contributed by atoms with Gasteiger partial charge >= 0.3 is 5.76 Å². The smallest absolute Gasteiger partial charge is 0.420 e. The molecule has 3 rings (SSSR count). The highest BCUT2D eigenvalue weighted by Gasteiger charge is 2.17. The van der Waals surface area contributed by atoms with E-state index in [4.69, 9.17) is 20.8 Å². The molecule has 3 aromatic rings. The van der Waals surface area contributed by atoms with Gasteiger partial charge in [-0.15, -0.1) is 0 Å². The number of carbonyl (C=O) groups excluding carboxylic acids is 1. The summed E-state index contributed by atoms with van der Waals surface area (Å²) in [6.07, 6.45) is 0. The molecule has 0 aliphatic carbocycles. The van der Waals surface area contributed by atoms with Gasteiger partial charge in [0.25, 0.3) is 0 Å². The Balaban J connectivity index is 1.80. The molecule has 1 heterocycles. The largest absolute Gasteiger partial charge is 0.496 e. The number of halogens is 1.